The summed E-state index contributed by atoms with van der Waals surface area (Å²) in [5.74, 6) is 0.425. The summed E-state index contributed by atoms with van der Waals surface area (Å²) in [6, 6.07) is 7.96. The van der Waals surface area contributed by atoms with Gasteiger partial charge in [0.1, 0.15) is 5.02 Å². The number of carbonyl (C=O) groups is 2. The van der Waals surface area contributed by atoms with Gasteiger partial charge in [0.2, 0.25) is 11.8 Å². The fraction of sp³-hybridized carbons (Fsp3) is 0.278. The standard InChI is InChI=1S/C18H20Cl2N4O3/c1-11(2)8-23-18(26)24-16(25)10-21-14-5-3-4-6-15(14)27-17-13(20)7-12(19)9-22-17/h3-7,9,11,21H,8,10H2,1-2H3,(H2,23,24,25,26). The van der Waals surface area contributed by atoms with Gasteiger partial charge < -0.3 is 15.4 Å². The van der Waals surface area contributed by atoms with Gasteiger partial charge in [0.25, 0.3) is 0 Å². The molecule has 1 heterocycles. The van der Waals surface area contributed by atoms with Crippen molar-refractivity contribution in [2.24, 2.45) is 5.92 Å². The number of carbonyl (C=O) groups excluding carboxylic acids is 2. The van der Waals surface area contributed by atoms with Gasteiger partial charge in [-0.25, -0.2) is 9.78 Å². The SMILES string of the molecule is CC(C)CNC(=O)NC(=O)CNc1ccccc1Oc1ncc(Cl)cc1Cl. The summed E-state index contributed by atoms with van der Waals surface area (Å²) in [6.07, 6.45) is 1.42. The molecule has 0 saturated heterocycles. The highest BCUT2D eigenvalue weighted by molar-refractivity contribution is 6.35. The van der Waals surface area contributed by atoms with E-state index in [1.165, 1.54) is 12.3 Å². The molecule has 1 aromatic carbocycles. The largest absolute Gasteiger partial charge is 0.435 e. The Morgan fingerprint density at radius 3 is 2.67 bits per heavy atom. The third kappa shape index (κ3) is 6.96. The lowest BCUT2D eigenvalue weighted by atomic mass is 10.2. The highest BCUT2D eigenvalue weighted by Crippen LogP contribution is 2.32. The zero-order valence-corrected chi connectivity index (χ0v) is 16.4. The van der Waals surface area contributed by atoms with E-state index in [1.54, 1.807) is 24.3 Å². The van der Waals surface area contributed by atoms with Crippen LogP contribution in [0.25, 0.3) is 0 Å². The number of benzene rings is 1. The van der Waals surface area contributed by atoms with Gasteiger partial charge in [-0.2, -0.15) is 0 Å². The number of pyridine rings is 1. The second kappa shape index (κ2) is 9.99. The summed E-state index contributed by atoms with van der Waals surface area (Å²) in [5, 5.41) is 8.43. The third-order valence-electron chi connectivity index (χ3n) is 3.23. The molecule has 1 aromatic heterocycles. The number of para-hydroxylation sites is 2. The van der Waals surface area contributed by atoms with Gasteiger partial charge in [-0.15, -0.1) is 0 Å². The Labute approximate surface area is 167 Å². The van der Waals surface area contributed by atoms with Crippen LogP contribution in [0.5, 0.6) is 11.6 Å². The molecule has 0 unspecified atom stereocenters. The molecule has 7 nitrogen and oxygen atoms in total. The molecule has 0 atom stereocenters. The van der Waals surface area contributed by atoms with E-state index in [0.29, 0.717) is 28.9 Å². The van der Waals surface area contributed by atoms with Crippen molar-refractivity contribution in [2.75, 3.05) is 18.4 Å². The number of ether oxygens (including phenoxy) is 1. The zero-order chi connectivity index (χ0) is 19.8. The second-order valence-corrected chi connectivity index (χ2v) is 6.89. The Balaban J connectivity index is 1.95. The van der Waals surface area contributed by atoms with Crippen molar-refractivity contribution in [3.8, 4) is 11.6 Å². The topological polar surface area (TPSA) is 92.4 Å². The van der Waals surface area contributed by atoms with E-state index in [4.69, 9.17) is 27.9 Å². The van der Waals surface area contributed by atoms with Crippen LogP contribution < -0.4 is 20.7 Å². The fourth-order valence-electron chi connectivity index (χ4n) is 1.97. The van der Waals surface area contributed by atoms with Crippen LogP contribution in [0.3, 0.4) is 0 Å². The lowest BCUT2D eigenvalue weighted by molar-refractivity contribution is -0.118. The number of nitrogens with zero attached hydrogens (tertiary/aromatic N) is 1. The van der Waals surface area contributed by atoms with Crippen LogP contribution in [0.15, 0.2) is 36.5 Å². The molecule has 0 radical (unpaired) electrons. The lowest BCUT2D eigenvalue weighted by Gasteiger charge is -2.13. The maximum atomic E-state index is 11.9. The minimum absolute atomic E-state index is 0.114. The van der Waals surface area contributed by atoms with Gasteiger partial charge in [-0.05, 0) is 24.1 Å². The lowest BCUT2D eigenvalue weighted by Crippen LogP contribution is -2.43. The van der Waals surface area contributed by atoms with Gasteiger partial charge in [0.05, 0.1) is 17.3 Å². The molecule has 0 aliphatic heterocycles. The van der Waals surface area contributed by atoms with Crippen molar-refractivity contribution in [3.63, 3.8) is 0 Å². The molecule has 2 aromatic rings. The van der Waals surface area contributed by atoms with E-state index in [-0.39, 0.29) is 17.4 Å². The summed E-state index contributed by atoms with van der Waals surface area (Å²) in [4.78, 5) is 27.6. The molecular weight excluding hydrogens is 391 g/mol. The first-order valence-corrected chi connectivity index (χ1v) is 9.00. The van der Waals surface area contributed by atoms with Gasteiger partial charge in [-0.1, -0.05) is 49.2 Å². The van der Waals surface area contributed by atoms with Gasteiger partial charge in [0, 0.05) is 12.7 Å². The number of nitrogens with one attached hydrogen (secondary N) is 3. The summed E-state index contributed by atoms with van der Waals surface area (Å²) >= 11 is 11.9. The Morgan fingerprint density at radius 1 is 1.22 bits per heavy atom. The first-order chi connectivity index (χ1) is 12.8. The minimum atomic E-state index is -0.530. The third-order valence-corrected chi connectivity index (χ3v) is 3.71. The number of amides is 3. The van der Waals surface area contributed by atoms with Crippen LogP contribution in [-0.2, 0) is 4.79 Å². The normalized spacial score (nSPS) is 10.4. The van der Waals surface area contributed by atoms with Crippen molar-refractivity contribution in [1.82, 2.24) is 15.6 Å². The highest BCUT2D eigenvalue weighted by atomic mass is 35.5. The summed E-state index contributed by atoms with van der Waals surface area (Å²) in [6.45, 7) is 4.29. The Morgan fingerprint density at radius 2 is 1.96 bits per heavy atom. The van der Waals surface area contributed by atoms with Crippen LogP contribution >= 0.6 is 23.2 Å². The maximum absolute atomic E-state index is 11.9. The number of hydrogen-bond donors (Lipinski definition) is 3. The van der Waals surface area contributed by atoms with Crippen molar-refractivity contribution in [1.29, 1.82) is 0 Å². The van der Waals surface area contributed by atoms with E-state index >= 15 is 0 Å². The molecule has 0 aliphatic rings. The zero-order valence-electron chi connectivity index (χ0n) is 14.9. The predicted molar refractivity (Wildman–Crippen MR) is 106 cm³/mol. The van der Waals surface area contributed by atoms with Crippen LogP contribution in [0.1, 0.15) is 13.8 Å². The fourth-order valence-corrected chi connectivity index (χ4v) is 2.39. The van der Waals surface area contributed by atoms with Gasteiger partial charge >= 0.3 is 6.03 Å². The average Bonchev–Trinajstić information content (AvgIpc) is 2.61. The molecule has 2 rings (SSSR count). The second-order valence-electron chi connectivity index (χ2n) is 6.04. The maximum Gasteiger partial charge on any atom is 0.321 e. The Bertz CT molecular complexity index is 815. The summed E-state index contributed by atoms with van der Waals surface area (Å²) in [7, 11) is 0. The predicted octanol–water partition coefficient (Wildman–Crippen LogP) is 4.07. The number of aromatic nitrogens is 1. The molecule has 9 heteroatoms. The molecule has 3 N–H and O–H groups in total. The Kier molecular flexibility index (Phi) is 7.69. The van der Waals surface area contributed by atoms with Gasteiger partial charge in [0.15, 0.2) is 5.75 Å². The molecular formula is C18H20Cl2N4O3. The minimum Gasteiger partial charge on any atom is -0.435 e. The molecule has 0 bridgehead atoms. The number of hydrogen-bond acceptors (Lipinski definition) is 5. The van der Waals surface area contributed by atoms with Crippen molar-refractivity contribution in [2.45, 2.75) is 13.8 Å². The number of imide groups is 1. The molecule has 3 amide bonds. The number of urea groups is 1. The molecule has 0 aliphatic carbocycles. The first kappa shape index (κ1) is 20.8. The first-order valence-electron chi connectivity index (χ1n) is 8.24. The highest BCUT2D eigenvalue weighted by Gasteiger charge is 2.12. The molecule has 0 fully saturated rings. The van der Waals surface area contributed by atoms with Crippen LogP contribution in [0.4, 0.5) is 10.5 Å². The van der Waals surface area contributed by atoms with Crippen molar-refractivity contribution < 1.29 is 14.3 Å². The van der Waals surface area contributed by atoms with E-state index in [9.17, 15) is 9.59 Å². The van der Waals surface area contributed by atoms with Crippen molar-refractivity contribution >= 4 is 40.8 Å². The van der Waals surface area contributed by atoms with E-state index in [0.717, 1.165) is 0 Å². The quantitative estimate of drug-likeness (QED) is 0.639. The van der Waals surface area contributed by atoms with Gasteiger partial charge in [-0.3, -0.25) is 10.1 Å². The van der Waals surface area contributed by atoms with Crippen LogP contribution in [0.2, 0.25) is 10.0 Å². The van der Waals surface area contributed by atoms with Crippen LogP contribution in [0, 0.1) is 5.92 Å². The molecule has 144 valence electrons. The van der Waals surface area contributed by atoms with E-state index in [1.807, 2.05) is 13.8 Å². The Hall–Kier alpha value is -2.51. The monoisotopic (exact) mass is 410 g/mol. The smallest absolute Gasteiger partial charge is 0.321 e. The average molecular weight is 411 g/mol. The number of anilines is 1. The molecule has 27 heavy (non-hydrogen) atoms. The van der Waals surface area contributed by atoms with Crippen LogP contribution in [-0.4, -0.2) is 30.0 Å². The van der Waals surface area contributed by atoms with Crippen molar-refractivity contribution in [3.05, 3.63) is 46.6 Å². The molecule has 0 saturated carbocycles. The van der Waals surface area contributed by atoms with E-state index < -0.39 is 11.9 Å². The molecule has 0 spiro atoms. The number of halogens is 2. The summed E-state index contributed by atoms with van der Waals surface area (Å²) in [5.41, 5.74) is 0.544. The van der Waals surface area contributed by atoms with E-state index in [2.05, 4.69) is 20.9 Å². The number of rotatable bonds is 7. The summed E-state index contributed by atoms with van der Waals surface area (Å²) < 4.78 is 5.70.